The molecule has 0 radical (unpaired) electrons. The van der Waals surface area contributed by atoms with E-state index in [1.54, 1.807) is 29.7 Å². The molecule has 1 heterocycles. The van der Waals surface area contributed by atoms with Crippen LogP contribution in [0.25, 0.3) is 0 Å². The highest BCUT2D eigenvalue weighted by Gasteiger charge is 2.52. The Morgan fingerprint density at radius 2 is 1.57 bits per heavy atom. The Balaban J connectivity index is 0.00000280. The first-order valence-corrected chi connectivity index (χ1v) is 10.1. The van der Waals surface area contributed by atoms with E-state index in [9.17, 15) is 13.2 Å². The molecule has 0 saturated carbocycles. The van der Waals surface area contributed by atoms with Gasteiger partial charge >= 0.3 is 0 Å². The Kier molecular flexibility index (Phi) is 7.06. The molecule has 2 aromatic rings. The summed E-state index contributed by atoms with van der Waals surface area (Å²) in [5.41, 5.74) is 1.55. The van der Waals surface area contributed by atoms with Crippen molar-refractivity contribution in [2.75, 3.05) is 20.1 Å². The van der Waals surface area contributed by atoms with Crippen LogP contribution >= 0.6 is 12.4 Å². The molecule has 28 heavy (non-hydrogen) atoms. The number of piperidine rings is 1. The summed E-state index contributed by atoms with van der Waals surface area (Å²) in [5.74, 6) is 0.240. The highest BCUT2D eigenvalue weighted by molar-refractivity contribution is 7.93. The van der Waals surface area contributed by atoms with Gasteiger partial charge in [-0.2, -0.15) is 0 Å². The van der Waals surface area contributed by atoms with E-state index >= 15 is 0 Å². The van der Waals surface area contributed by atoms with Crippen molar-refractivity contribution in [3.05, 3.63) is 54.6 Å². The van der Waals surface area contributed by atoms with Crippen molar-refractivity contribution in [3.8, 4) is 11.5 Å². The average Bonchev–Trinajstić information content (AvgIpc) is 2.69. The van der Waals surface area contributed by atoms with Gasteiger partial charge in [0.05, 0.1) is 4.90 Å². The third-order valence-corrected chi connectivity index (χ3v) is 7.45. The van der Waals surface area contributed by atoms with Gasteiger partial charge < -0.3 is 9.64 Å². The minimum absolute atomic E-state index is 0. The SMILES string of the molecule is CN1CCC(C(=O)NO)(S(=O)(=O)c2ccc(Oc3ccccc3)cc2)CC1.Cl. The van der Waals surface area contributed by atoms with E-state index < -0.39 is 20.5 Å². The highest BCUT2D eigenvalue weighted by atomic mass is 35.5. The summed E-state index contributed by atoms with van der Waals surface area (Å²) in [5, 5.41) is 9.14. The molecule has 0 unspecified atom stereocenters. The van der Waals surface area contributed by atoms with Gasteiger partial charge in [0.25, 0.3) is 5.91 Å². The fraction of sp³-hybridized carbons (Fsp3) is 0.316. The van der Waals surface area contributed by atoms with Crippen LogP contribution in [0, 0.1) is 0 Å². The number of halogens is 1. The maximum atomic E-state index is 13.3. The molecule has 0 bridgehead atoms. The van der Waals surface area contributed by atoms with Crippen molar-refractivity contribution in [3.63, 3.8) is 0 Å². The number of hydrogen-bond acceptors (Lipinski definition) is 6. The predicted octanol–water partition coefficient (Wildman–Crippen LogP) is 2.64. The smallest absolute Gasteiger partial charge is 0.265 e. The van der Waals surface area contributed by atoms with E-state index in [4.69, 9.17) is 9.94 Å². The lowest BCUT2D eigenvalue weighted by Gasteiger charge is -2.38. The van der Waals surface area contributed by atoms with E-state index in [1.165, 1.54) is 12.1 Å². The molecule has 3 rings (SSSR count). The van der Waals surface area contributed by atoms with E-state index in [1.807, 2.05) is 30.1 Å². The quantitative estimate of drug-likeness (QED) is 0.563. The zero-order valence-electron chi connectivity index (χ0n) is 15.4. The lowest BCUT2D eigenvalue weighted by molar-refractivity contribution is -0.133. The van der Waals surface area contributed by atoms with Crippen LogP contribution in [0.2, 0.25) is 0 Å². The van der Waals surface area contributed by atoms with Crippen LogP contribution in [0.15, 0.2) is 59.5 Å². The number of amides is 1. The lowest BCUT2D eigenvalue weighted by atomic mass is 9.95. The van der Waals surface area contributed by atoms with Crippen molar-refractivity contribution >= 4 is 28.2 Å². The van der Waals surface area contributed by atoms with Crippen LogP contribution in [0.4, 0.5) is 0 Å². The van der Waals surface area contributed by atoms with Gasteiger partial charge in [-0.1, -0.05) is 18.2 Å². The third-order valence-electron chi connectivity index (χ3n) is 4.94. The molecule has 0 aliphatic carbocycles. The first kappa shape index (κ1) is 22.2. The maximum Gasteiger partial charge on any atom is 0.265 e. The summed E-state index contributed by atoms with van der Waals surface area (Å²) < 4.78 is 30.5. The molecule has 1 amide bonds. The number of benzene rings is 2. The molecular formula is C19H23ClN2O5S. The third kappa shape index (κ3) is 4.15. The Bertz CT molecular complexity index is 896. The number of likely N-dealkylation sites (tertiary alicyclic amines) is 1. The minimum Gasteiger partial charge on any atom is -0.457 e. The second-order valence-corrected chi connectivity index (χ2v) is 8.89. The minimum atomic E-state index is -4.00. The number of sulfone groups is 1. The molecule has 9 heteroatoms. The average molecular weight is 427 g/mol. The van der Waals surface area contributed by atoms with Crippen LogP contribution in [0.5, 0.6) is 11.5 Å². The van der Waals surface area contributed by atoms with Crippen molar-refractivity contribution in [2.45, 2.75) is 22.5 Å². The van der Waals surface area contributed by atoms with E-state index in [2.05, 4.69) is 0 Å². The standard InChI is InChI=1S/C19H22N2O5S.ClH/c1-21-13-11-19(12-14-21,18(22)20-23)27(24,25)17-9-7-16(8-10-17)26-15-5-3-2-4-6-15;/h2-10,23H,11-14H2,1H3,(H,20,22);1H. The van der Waals surface area contributed by atoms with E-state index in [-0.39, 0.29) is 30.1 Å². The summed E-state index contributed by atoms with van der Waals surface area (Å²) in [6, 6.07) is 15.1. The predicted molar refractivity (Wildman–Crippen MR) is 107 cm³/mol. The van der Waals surface area contributed by atoms with E-state index in [0.29, 0.717) is 24.6 Å². The van der Waals surface area contributed by atoms with Gasteiger partial charge in [0, 0.05) is 0 Å². The molecule has 2 N–H and O–H groups in total. The number of nitrogens with one attached hydrogen (secondary N) is 1. The Morgan fingerprint density at radius 1 is 1.04 bits per heavy atom. The number of ether oxygens (including phenoxy) is 1. The molecule has 1 aliphatic heterocycles. The maximum absolute atomic E-state index is 13.3. The number of rotatable bonds is 5. The largest absolute Gasteiger partial charge is 0.457 e. The Morgan fingerprint density at radius 3 is 2.11 bits per heavy atom. The van der Waals surface area contributed by atoms with Gasteiger partial charge in [-0.3, -0.25) is 10.0 Å². The molecule has 1 fully saturated rings. The van der Waals surface area contributed by atoms with Crippen LogP contribution in [0.1, 0.15) is 12.8 Å². The van der Waals surface area contributed by atoms with Gasteiger partial charge in [0.15, 0.2) is 14.6 Å². The summed E-state index contributed by atoms with van der Waals surface area (Å²) in [4.78, 5) is 14.3. The summed E-state index contributed by atoms with van der Waals surface area (Å²) in [6.07, 6.45) is 0.223. The second-order valence-electron chi connectivity index (χ2n) is 6.63. The first-order valence-electron chi connectivity index (χ1n) is 8.60. The monoisotopic (exact) mass is 426 g/mol. The highest BCUT2D eigenvalue weighted by Crippen LogP contribution is 2.36. The van der Waals surface area contributed by atoms with Gasteiger partial charge in [0.1, 0.15) is 11.5 Å². The molecule has 152 valence electrons. The number of para-hydroxylation sites is 1. The van der Waals surface area contributed by atoms with Crippen molar-refractivity contribution in [1.82, 2.24) is 10.4 Å². The molecule has 1 saturated heterocycles. The molecule has 2 aromatic carbocycles. The molecule has 7 nitrogen and oxygen atoms in total. The van der Waals surface area contributed by atoms with Crippen LogP contribution < -0.4 is 10.2 Å². The van der Waals surface area contributed by atoms with Crippen molar-refractivity contribution in [2.24, 2.45) is 0 Å². The van der Waals surface area contributed by atoms with Crippen LogP contribution in [-0.2, 0) is 14.6 Å². The summed E-state index contributed by atoms with van der Waals surface area (Å²) in [6.45, 7) is 0.893. The van der Waals surface area contributed by atoms with Crippen LogP contribution in [-0.4, -0.2) is 49.3 Å². The van der Waals surface area contributed by atoms with Crippen molar-refractivity contribution in [1.29, 1.82) is 0 Å². The van der Waals surface area contributed by atoms with E-state index in [0.717, 1.165) is 0 Å². The zero-order valence-corrected chi connectivity index (χ0v) is 17.0. The number of hydrogen-bond donors (Lipinski definition) is 2. The number of hydroxylamine groups is 1. The summed E-state index contributed by atoms with van der Waals surface area (Å²) in [7, 11) is -2.14. The van der Waals surface area contributed by atoms with Gasteiger partial charge in [-0.25, -0.2) is 13.9 Å². The number of carbonyl (C=O) groups is 1. The van der Waals surface area contributed by atoms with Gasteiger partial charge in [0.2, 0.25) is 0 Å². The Labute approximate surface area is 170 Å². The Hall–Kier alpha value is -2.13. The molecular weight excluding hydrogens is 404 g/mol. The molecule has 0 atom stereocenters. The molecule has 0 spiro atoms. The van der Waals surface area contributed by atoms with Crippen LogP contribution in [0.3, 0.4) is 0 Å². The van der Waals surface area contributed by atoms with Crippen molar-refractivity contribution < 1.29 is 23.2 Å². The molecule has 1 aliphatic rings. The zero-order chi connectivity index (χ0) is 19.5. The number of nitrogens with zero attached hydrogens (tertiary/aromatic N) is 1. The molecule has 0 aromatic heterocycles. The number of carbonyl (C=O) groups excluding carboxylic acids is 1. The second kappa shape index (κ2) is 8.91. The fourth-order valence-electron chi connectivity index (χ4n) is 3.24. The van der Waals surface area contributed by atoms with Gasteiger partial charge in [-0.05, 0) is 69.4 Å². The lowest BCUT2D eigenvalue weighted by Crippen LogP contribution is -2.57. The van der Waals surface area contributed by atoms with Gasteiger partial charge in [-0.15, -0.1) is 12.4 Å². The summed E-state index contributed by atoms with van der Waals surface area (Å²) >= 11 is 0. The topological polar surface area (TPSA) is 95.9 Å². The fourth-order valence-corrected chi connectivity index (χ4v) is 5.19. The first-order chi connectivity index (χ1) is 12.9. The normalized spacial score (nSPS) is 16.6.